The average molecular weight is 277 g/mol. The number of nitrogens with one attached hydrogen (secondary N) is 1. The van der Waals surface area contributed by atoms with Crippen LogP contribution in [-0.2, 0) is 0 Å². The average Bonchev–Trinajstić information content (AvgIpc) is 2.37. The summed E-state index contributed by atoms with van der Waals surface area (Å²) in [5.41, 5.74) is 1.06. The summed E-state index contributed by atoms with van der Waals surface area (Å²) < 4.78 is 5.32. The molecule has 1 saturated carbocycles. The lowest BCUT2D eigenvalue weighted by atomic mass is 9.80. The second-order valence-electron chi connectivity index (χ2n) is 5.98. The molecule has 0 saturated heterocycles. The van der Waals surface area contributed by atoms with Gasteiger partial charge >= 0.3 is 5.97 Å². The Morgan fingerprint density at radius 2 is 1.90 bits per heavy atom. The Morgan fingerprint density at radius 3 is 2.45 bits per heavy atom. The van der Waals surface area contributed by atoms with Gasteiger partial charge in [0.15, 0.2) is 0 Å². The van der Waals surface area contributed by atoms with E-state index in [9.17, 15) is 4.79 Å². The molecule has 0 heterocycles. The van der Waals surface area contributed by atoms with Crippen LogP contribution in [0.15, 0.2) is 18.2 Å². The highest BCUT2D eigenvalue weighted by Gasteiger charge is 2.24. The van der Waals surface area contributed by atoms with Crippen molar-refractivity contribution >= 4 is 11.7 Å². The molecule has 2 rings (SSSR count). The van der Waals surface area contributed by atoms with E-state index in [-0.39, 0.29) is 5.56 Å². The fourth-order valence-corrected chi connectivity index (χ4v) is 3.24. The number of carbonyl (C=O) groups is 1. The number of carboxylic acid groups (broad SMARTS) is 1. The molecule has 1 fully saturated rings. The van der Waals surface area contributed by atoms with E-state index in [0.29, 0.717) is 23.6 Å². The molecular weight excluding hydrogens is 254 g/mol. The van der Waals surface area contributed by atoms with Gasteiger partial charge in [-0.05, 0) is 49.3 Å². The number of anilines is 1. The maximum atomic E-state index is 11.1. The molecule has 20 heavy (non-hydrogen) atoms. The van der Waals surface area contributed by atoms with Gasteiger partial charge in [0.1, 0.15) is 5.75 Å². The van der Waals surface area contributed by atoms with Crippen molar-refractivity contribution in [3.8, 4) is 5.75 Å². The van der Waals surface area contributed by atoms with Gasteiger partial charge in [0.05, 0.1) is 18.4 Å². The third-order valence-electron chi connectivity index (χ3n) is 3.98. The second-order valence-corrected chi connectivity index (χ2v) is 5.98. The number of carboxylic acids is 1. The van der Waals surface area contributed by atoms with Gasteiger partial charge < -0.3 is 15.2 Å². The maximum Gasteiger partial charge on any atom is 0.335 e. The molecule has 0 bridgehead atoms. The largest absolute Gasteiger partial charge is 0.495 e. The fourth-order valence-electron chi connectivity index (χ4n) is 3.24. The van der Waals surface area contributed by atoms with Gasteiger partial charge in [0.2, 0.25) is 0 Å². The quantitative estimate of drug-likeness (QED) is 0.882. The zero-order chi connectivity index (χ0) is 14.7. The lowest BCUT2D eigenvalue weighted by Gasteiger charge is -2.33. The van der Waals surface area contributed by atoms with E-state index in [0.717, 1.165) is 18.5 Å². The predicted molar refractivity (Wildman–Crippen MR) is 79.5 cm³/mol. The summed E-state index contributed by atoms with van der Waals surface area (Å²) in [5.74, 6) is 1.18. The van der Waals surface area contributed by atoms with Crippen LogP contribution in [0.5, 0.6) is 5.75 Å². The van der Waals surface area contributed by atoms with Crippen LogP contribution < -0.4 is 10.1 Å². The van der Waals surface area contributed by atoms with E-state index in [1.165, 1.54) is 6.42 Å². The lowest BCUT2D eigenvalue weighted by Crippen LogP contribution is -2.30. The summed E-state index contributed by atoms with van der Waals surface area (Å²) >= 11 is 0. The van der Waals surface area contributed by atoms with Gasteiger partial charge in [0.25, 0.3) is 0 Å². The van der Waals surface area contributed by atoms with E-state index in [1.807, 2.05) is 0 Å². The first-order chi connectivity index (χ1) is 9.49. The number of aromatic carboxylic acids is 1. The van der Waals surface area contributed by atoms with E-state index in [4.69, 9.17) is 9.84 Å². The minimum atomic E-state index is -0.916. The maximum absolute atomic E-state index is 11.1. The SMILES string of the molecule is COc1ccc(C(=O)O)cc1NC1CC(C)CC(C)C1. The predicted octanol–water partition coefficient (Wildman–Crippen LogP) is 3.63. The van der Waals surface area contributed by atoms with Gasteiger partial charge in [-0.3, -0.25) is 0 Å². The molecule has 0 spiro atoms. The summed E-state index contributed by atoms with van der Waals surface area (Å²) in [5, 5.41) is 12.6. The topological polar surface area (TPSA) is 58.6 Å². The Labute approximate surface area is 120 Å². The highest BCUT2D eigenvalue weighted by molar-refractivity contribution is 5.89. The monoisotopic (exact) mass is 277 g/mol. The normalized spacial score (nSPS) is 26.1. The van der Waals surface area contributed by atoms with Crippen LogP contribution >= 0.6 is 0 Å². The van der Waals surface area contributed by atoms with Crippen LogP contribution in [0.2, 0.25) is 0 Å². The zero-order valence-corrected chi connectivity index (χ0v) is 12.3. The van der Waals surface area contributed by atoms with Crippen molar-refractivity contribution in [2.24, 2.45) is 11.8 Å². The van der Waals surface area contributed by atoms with Gasteiger partial charge in [-0.15, -0.1) is 0 Å². The molecule has 4 nitrogen and oxygen atoms in total. The standard InChI is InChI=1S/C16H23NO3/c1-10-6-11(2)8-13(7-10)17-14-9-12(16(18)19)4-5-15(14)20-3/h4-5,9-11,13,17H,6-8H2,1-3H3,(H,18,19). The lowest BCUT2D eigenvalue weighted by molar-refractivity contribution is 0.0697. The van der Waals surface area contributed by atoms with Crippen LogP contribution in [0.3, 0.4) is 0 Å². The molecule has 0 aliphatic heterocycles. The van der Waals surface area contributed by atoms with Crippen molar-refractivity contribution in [1.29, 1.82) is 0 Å². The van der Waals surface area contributed by atoms with Crippen molar-refractivity contribution in [3.63, 3.8) is 0 Å². The molecule has 2 N–H and O–H groups in total. The molecule has 0 radical (unpaired) electrons. The smallest absolute Gasteiger partial charge is 0.335 e. The Morgan fingerprint density at radius 1 is 1.25 bits per heavy atom. The summed E-state index contributed by atoms with van der Waals surface area (Å²) in [6.45, 7) is 4.55. The molecule has 1 aliphatic carbocycles. The molecule has 1 aliphatic rings. The van der Waals surface area contributed by atoms with Crippen molar-refractivity contribution in [2.45, 2.75) is 39.2 Å². The van der Waals surface area contributed by atoms with E-state index in [1.54, 1.807) is 25.3 Å². The first-order valence-corrected chi connectivity index (χ1v) is 7.17. The number of ether oxygens (including phenoxy) is 1. The van der Waals surface area contributed by atoms with Crippen molar-refractivity contribution in [2.75, 3.05) is 12.4 Å². The highest BCUT2D eigenvalue weighted by Crippen LogP contribution is 2.33. The van der Waals surface area contributed by atoms with Crippen LogP contribution in [-0.4, -0.2) is 24.2 Å². The molecule has 1 aromatic rings. The third-order valence-corrected chi connectivity index (χ3v) is 3.98. The van der Waals surface area contributed by atoms with Crippen molar-refractivity contribution in [1.82, 2.24) is 0 Å². The minimum Gasteiger partial charge on any atom is -0.495 e. The summed E-state index contributed by atoms with van der Waals surface area (Å²) in [4.78, 5) is 11.1. The fraction of sp³-hybridized carbons (Fsp3) is 0.562. The van der Waals surface area contributed by atoms with Crippen molar-refractivity contribution < 1.29 is 14.6 Å². The van der Waals surface area contributed by atoms with Gasteiger partial charge in [0, 0.05) is 6.04 Å². The first-order valence-electron chi connectivity index (χ1n) is 7.17. The highest BCUT2D eigenvalue weighted by atomic mass is 16.5. The molecular formula is C16H23NO3. The second kappa shape index (κ2) is 6.16. The molecule has 0 amide bonds. The van der Waals surface area contributed by atoms with Crippen LogP contribution in [0.4, 0.5) is 5.69 Å². The molecule has 2 atom stereocenters. The number of hydrogen-bond donors (Lipinski definition) is 2. The summed E-state index contributed by atoms with van der Waals surface area (Å²) in [6.07, 6.45) is 3.50. The molecule has 1 aromatic carbocycles. The Hall–Kier alpha value is -1.71. The number of methoxy groups -OCH3 is 1. The number of benzene rings is 1. The number of rotatable bonds is 4. The Bertz CT molecular complexity index is 477. The Kier molecular flexibility index (Phi) is 4.53. The molecule has 110 valence electrons. The minimum absolute atomic E-state index is 0.283. The van der Waals surface area contributed by atoms with Gasteiger partial charge in [-0.1, -0.05) is 13.8 Å². The first kappa shape index (κ1) is 14.7. The van der Waals surface area contributed by atoms with E-state index < -0.39 is 5.97 Å². The summed E-state index contributed by atoms with van der Waals surface area (Å²) in [6, 6.07) is 5.32. The zero-order valence-electron chi connectivity index (χ0n) is 12.3. The van der Waals surface area contributed by atoms with Crippen molar-refractivity contribution in [3.05, 3.63) is 23.8 Å². The van der Waals surface area contributed by atoms with E-state index >= 15 is 0 Å². The van der Waals surface area contributed by atoms with E-state index in [2.05, 4.69) is 19.2 Å². The molecule has 4 heteroatoms. The number of hydrogen-bond acceptors (Lipinski definition) is 3. The molecule has 2 unspecified atom stereocenters. The van der Waals surface area contributed by atoms with Gasteiger partial charge in [-0.2, -0.15) is 0 Å². The Balaban J connectivity index is 2.18. The van der Waals surface area contributed by atoms with Crippen LogP contribution in [0.25, 0.3) is 0 Å². The van der Waals surface area contributed by atoms with Crippen LogP contribution in [0.1, 0.15) is 43.5 Å². The van der Waals surface area contributed by atoms with Gasteiger partial charge in [-0.25, -0.2) is 4.79 Å². The molecule has 0 aromatic heterocycles. The van der Waals surface area contributed by atoms with Crippen LogP contribution in [0, 0.1) is 11.8 Å². The summed E-state index contributed by atoms with van der Waals surface area (Å²) in [7, 11) is 1.60. The third kappa shape index (κ3) is 3.44.